The normalized spacial score (nSPS) is 23.5. The van der Waals surface area contributed by atoms with E-state index in [4.69, 9.17) is 0 Å². The van der Waals surface area contributed by atoms with Gasteiger partial charge in [-0.15, -0.1) is 0 Å². The molecule has 2 nitrogen and oxygen atoms in total. The summed E-state index contributed by atoms with van der Waals surface area (Å²) in [5.41, 5.74) is 0.596. The molecule has 2 fully saturated rings. The third-order valence-electron chi connectivity index (χ3n) is 5.80. The average Bonchev–Trinajstić information content (AvgIpc) is 2.47. The quantitative estimate of drug-likeness (QED) is 0.734. The number of nitrogens with zero attached hydrogens (tertiary/aromatic N) is 1. The fraction of sp³-hybridized carbons (Fsp3) is 0.944. The Balaban J connectivity index is 1.75. The van der Waals surface area contributed by atoms with E-state index in [1.807, 2.05) is 6.92 Å². The Morgan fingerprint density at radius 3 is 2.25 bits per heavy atom. The molecule has 0 unspecified atom stereocenters. The van der Waals surface area contributed by atoms with Crippen molar-refractivity contribution in [2.45, 2.75) is 78.6 Å². The van der Waals surface area contributed by atoms with Gasteiger partial charge in [-0.3, -0.25) is 4.79 Å². The Hall–Kier alpha value is -0.530. The lowest BCUT2D eigenvalue weighted by Crippen LogP contribution is -2.44. The summed E-state index contributed by atoms with van der Waals surface area (Å²) >= 11 is 0. The minimum atomic E-state index is 0.352. The van der Waals surface area contributed by atoms with Gasteiger partial charge < -0.3 is 4.90 Å². The van der Waals surface area contributed by atoms with Crippen molar-refractivity contribution in [2.75, 3.05) is 13.1 Å². The second kappa shape index (κ2) is 6.95. The molecule has 116 valence electrons. The van der Waals surface area contributed by atoms with Crippen LogP contribution in [0.5, 0.6) is 0 Å². The molecule has 20 heavy (non-hydrogen) atoms. The maximum absolute atomic E-state index is 11.8. The van der Waals surface area contributed by atoms with E-state index in [1.165, 1.54) is 51.4 Å². The molecular formula is C18H33NO. The van der Waals surface area contributed by atoms with Gasteiger partial charge in [0.25, 0.3) is 0 Å². The van der Waals surface area contributed by atoms with Crippen LogP contribution in [0.3, 0.4) is 0 Å². The van der Waals surface area contributed by atoms with Crippen molar-refractivity contribution in [3.8, 4) is 0 Å². The highest BCUT2D eigenvalue weighted by molar-refractivity contribution is 5.75. The first-order chi connectivity index (χ1) is 9.54. The summed E-state index contributed by atoms with van der Waals surface area (Å²) in [5, 5.41) is 0. The van der Waals surface area contributed by atoms with Gasteiger partial charge in [-0.2, -0.15) is 0 Å². The Labute approximate surface area is 125 Å². The van der Waals surface area contributed by atoms with Crippen LogP contribution < -0.4 is 0 Å². The zero-order valence-corrected chi connectivity index (χ0v) is 13.8. The Bertz CT molecular complexity index is 305. The van der Waals surface area contributed by atoms with Crippen molar-refractivity contribution < 1.29 is 4.79 Å². The molecule has 1 saturated heterocycles. The maximum Gasteiger partial charge on any atom is 0.222 e. The fourth-order valence-electron chi connectivity index (χ4n) is 4.10. The SMILES string of the molecule is CCC(=O)N1CCC2(CCC(CCC(C)C)CC2)CC1. The van der Waals surface area contributed by atoms with Crippen molar-refractivity contribution in [3.05, 3.63) is 0 Å². The highest BCUT2D eigenvalue weighted by atomic mass is 16.2. The number of hydrogen-bond donors (Lipinski definition) is 0. The lowest BCUT2D eigenvalue weighted by atomic mass is 9.65. The van der Waals surface area contributed by atoms with E-state index in [-0.39, 0.29) is 0 Å². The fourth-order valence-corrected chi connectivity index (χ4v) is 4.10. The highest BCUT2D eigenvalue weighted by Gasteiger charge is 2.38. The summed E-state index contributed by atoms with van der Waals surface area (Å²) in [6, 6.07) is 0. The Kier molecular flexibility index (Phi) is 5.51. The molecule has 0 aromatic carbocycles. The number of carbonyl (C=O) groups is 1. The molecule has 2 heteroatoms. The summed E-state index contributed by atoms with van der Waals surface area (Å²) in [6.45, 7) is 8.69. The molecule has 0 aromatic rings. The number of rotatable bonds is 4. The number of piperidine rings is 1. The third kappa shape index (κ3) is 3.99. The van der Waals surface area contributed by atoms with Crippen LogP contribution in [0.25, 0.3) is 0 Å². The molecule has 0 aromatic heterocycles. The predicted molar refractivity (Wildman–Crippen MR) is 84.6 cm³/mol. The van der Waals surface area contributed by atoms with E-state index in [1.54, 1.807) is 0 Å². The smallest absolute Gasteiger partial charge is 0.222 e. The van der Waals surface area contributed by atoms with Crippen LogP contribution in [-0.4, -0.2) is 23.9 Å². The number of amides is 1. The van der Waals surface area contributed by atoms with Crippen molar-refractivity contribution in [1.82, 2.24) is 4.90 Å². The molecule has 1 aliphatic heterocycles. The summed E-state index contributed by atoms with van der Waals surface area (Å²) in [4.78, 5) is 13.9. The number of hydrogen-bond acceptors (Lipinski definition) is 1. The van der Waals surface area contributed by atoms with Crippen LogP contribution in [0.2, 0.25) is 0 Å². The Morgan fingerprint density at radius 2 is 1.75 bits per heavy atom. The second-order valence-corrected chi connectivity index (χ2v) is 7.65. The molecule has 0 radical (unpaired) electrons. The van der Waals surface area contributed by atoms with Crippen molar-refractivity contribution in [3.63, 3.8) is 0 Å². The first-order valence-corrected chi connectivity index (χ1v) is 8.82. The molecule has 1 aliphatic carbocycles. The summed E-state index contributed by atoms with van der Waals surface area (Å²) in [5.74, 6) is 2.19. The van der Waals surface area contributed by atoms with Gasteiger partial charge in [0.1, 0.15) is 0 Å². The van der Waals surface area contributed by atoms with Crippen LogP contribution in [0.15, 0.2) is 0 Å². The van der Waals surface area contributed by atoms with Crippen LogP contribution in [0.1, 0.15) is 78.6 Å². The van der Waals surface area contributed by atoms with E-state index in [2.05, 4.69) is 18.7 Å². The minimum Gasteiger partial charge on any atom is -0.343 e. The van der Waals surface area contributed by atoms with Crippen molar-refractivity contribution >= 4 is 5.91 Å². The third-order valence-corrected chi connectivity index (χ3v) is 5.80. The zero-order chi connectivity index (χ0) is 14.6. The summed E-state index contributed by atoms with van der Waals surface area (Å²) in [7, 11) is 0. The lowest BCUT2D eigenvalue weighted by Gasteiger charge is -2.46. The van der Waals surface area contributed by atoms with Gasteiger partial charge >= 0.3 is 0 Å². The molecule has 0 atom stereocenters. The first kappa shape index (κ1) is 15.9. The van der Waals surface area contributed by atoms with Gasteiger partial charge in [-0.25, -0.2) is 0 Å². The molecule has 0 N–H and O–H groups in total. The van der Waals surface area contributed by atoms with Gasteiger partial charge in [0.05, 0.1) is 0 Å². The highest BCUT2D eigenvalue weighted by Crippen LogP contribution is 2.47. The van der Waals surface area contributed by atoms with E-state index in [9.17, 15) is 4.79 Å². The largest absolute Gasteiger partial charge is 0.343 e. The number of likely N-dealkylation sites (tertiary alicyclic amines) is 1. The van der Waals surface area contributed by atoms with E-state index in [0.29, 0.717) is 17.7 Å². The van der Waals surface area contributed by atoms with Crippen LogP contribution in [0, 0.1) is 17.3 Å². The molecular weight excluding hydrogens is 246 g/mol. The molecule has 2 aliphatic rings. The van der Waals surface area contributed by atoms with Crippen molar-refractivity contribution in [1.29, 1.82) is 0 Å². The molecule has 1 saturated carbocycles. The maximum atomic E-state index is 11.8. The van der Waals surface area contributed by atoms with Gasteiger partial charge in [-0.1, -0.05) is 33.6 Å². The molecule has 0 bridgehead atoms. The van der Waals surface area contributed by atoms with Gasteiger partial charge in [0.15, 0.2) is 0 Å². The average molecular weight is 279 g/mol. The van der Waals surface area contributed by atoms with Crippen LogP contribution in [-0.2, 0) is 4.79 Å². The summed E-state index contributed by atoms with van der Waals surface area (Å²) < 4.78 is 0. The monoisotopic (exact) mass is 279 g/mol. The second-order valence-electron chi connectivity index (χ2n) is 7.65. The molecule has 1 heterocycles. The first-order valence-electron chi connectivity index (χ1n) is 8.82. The van der Waals surface area contributed by atoms with Crippen LogP contribution in [0.4, 0.5) is 0 Å². The number of carbonyl (C=O) groups excluding carboxylic acids is 1. The predicted octanol–water partition coefficient (Wildman–Crippen LogP) is 4.63. The van der Waals surface area contributed by atoms with Gasteiger partial charge in [0.2, 0.25) is 5.91 Å². The van der Waals surface area contributed by atoms with E-state index < -0.39 is 0 Å². The van der Waals surface area contributed by atoms with Crippen LogP contribution >= 0.6 is 0 Å². The molecule has 2 rings (SSSR count). The van der Waals surface area contributed by atoms with Crippen molar-refractivity contribution in [2.24, 2.45) is 17.3 Å². The lowest BCUT2D eigenvalue weighted by molar-refractivity contribution is -0.133. The van der Waals surface area contributed by atoms with E-state index in [0.717, 1.165) is 24.9 Å². The molecule has 1 spiro atoms. The van der Waals surface area contributed by atoms with Gasteiger partial charge in [0, 0.05) is 19.5 Å². The zero-order valence-electron chi connectivity index (χ0n) is 13.8. The summed E-state index contributed by atoms with van der Waals surface area (Å²) in [6.07, 6.45) is 11.7. The topological polar surface area (TPSA) is 20.3 Å². The minimum absolute atomic E-state index is 0.352. The molecule has 1 amide bonds. The van der Waals surface area contributed by atoms with E-state index >= 15 is 0 Å². The Morgan fingerprint density at radius 1 is 1.15 bits per heavy atom. The van der Waals surface area contributed by atoms with Gasteiger partial charge in [-0.05, 0) is 55.8 Å². The standard InChI is InChI=1S/C18H33NO/c1-4-17(20)19-13-11-18(12-14-19)9-7-16(8-10-18)6-5-15(2)3/h15-16H,4-14H2,1-3H3.